The number of aryl methyl sites for hydroxylation is 1. The lowest BCUT2D eigenvalue weighted by atomic mass is 10.0. The lowest BCUT2D eigenvalue weighted by Crippen LogP contribution is -2.02. The van der Waals surface area contributed by atoms with Crippen molar-refractivity contribution in [2.45, 2.75) is 6.92 Å². The van der Waals surface area contributed by atoms with Gasteiger partial charge in [-0.25, -0.2) is 0 Å². The third-order valence-electron chi connectivity index (χ3n) is 2.54. The average molecular weight is 310 g/mol. The molecule has 0 fully saturated rings. The molecule has 2 aromatic carbocycles. The molecule has 2 aromatic rings. The number of nitrogens with zero attached hydrogens (tertiary/aromatic N) is 2. The Morgan fingerprint density at radius 2 is 1.59 bits per heavy atom. The fraction of sp³-hybridized carbons (Fsp3) is 0.0714. The Morgan fingerprint density at radius 1 is 1.05 bits per heavy atom. The van der Waals surface area contributed by atoms with Gasteiger partial charge in [0.2, 0.25) is 11.2 Å². The van der Waals surface area contributed by atoms with Gasteiger partial charge in [-0.2, -0.15) is 0 Å². The van der Waals surface area contributed by atoms with Gasteiger partial charge in [-0.15, -0.1) is 0 Å². The summed E-state index contributed by atoms with van der Waals surface area (Å²) in [5.41, 5.74) is 2.24. The summed E-state index contributed by atoms with van der Waals surface area (Å²) < 4.78 is 39.0. The topological polar surface area (TPSA) is 45.2 Å². The second-order valence-corrected chi connectivity index (χ2v) is 4.31. The zero-order valence-corrected chi connectivity index (χ0v) is 11.5. The van der Waals surface area contributed by atoms with E-state index < -0.39 is 7.25 Å². The van der Waals surface area contributed by atoms with Gasteiger partial charge in [0, 0.05) is 11.6 Å². The summed E-state index contributed by atoms with van der Waals surface area (Å²) in [6.07, 6.45) is 0. The summed E-state index contributed by atoms with van der Waals surface area (Å²) in [5.74, 6) is -0.140. The predicted molar refractivity (Wildman–Crippen MR) is 76.0 cm³/mol. The minimum absolute atomic E-state index is 0.140. The van der Waals surface area contributed by atoms with Crippen LogP contribution in [0.1, 0.15) is 21.5 Å². The normalized spacial score (nSPS) is 10.2. The van der Waals surface area contributed by atoms with Crippen molar-refractivity contribution in [2.75, 3.05) is 0 Å². The Kier molecular flexibility index (Phi) is 5.81. The van der Waals surface area contributed by atoms with Gasteiger partial charge in [-0.1, -0.05) is 36.4 Å². The molecule has 8 heteroatoms. The van der Waals surface area contributed by atoms with Gasteiger partial charge in [0.1, 0.15) is 5.56 Å². The third-order valence-corrected chi connectivity index (χ3v) is 2.54. The van der Waals surface area contributed by atoms with Crippen LogP contribution in [0, 0.1) is 12.3 Å². The molecule has 0 amide bonds. The fourth-order valence-corrected chi connectivity index (χ4v) is 1.66. The van der Waals surface area contributed by atoms with Crippen molar-refractivity contribution in [1.29, 1.82) is 5.39 Å². The molecule has 2 rings (SSSR count). The minimum atomic E-state index is -6.00. The largest absolute Gasteiger partial charge is 0.673 e. The molecule has 22 heavy (non-hydrogen) atoms. The monoisotopic (exact) mass is 310 g/mol. The van der Waals surface area contributed by atoms with Crippen molar-refractivity contribution in [2.24, 2.45) is 0 Å². The second kappa shape index (κ2) is 7.36. The first kappa shape index (κ1) is 17.4. The van der Waals surface area contributed by atoms with Crippen LogP contribution in [0.4, 0.5) is 23.0 Å². The van der Waals surface area contributed by atoms with E-state index in [1.54, 1.807) is 36.4 Å². The smallest absolute Gasteiger partial charge is 0.418 e. The van der Waals surface area contributed by atoms with Crippen molar-refractivity contribution in [3.05, 3.63) is 70.2 Å². The van der Waals surface area contributed by atoms with E-state index in [0.29, 0.717) is 16.8 Å². The van der Waals surface area contributed by atoms with Crippen LogP contribution in [0.25, 0.3) is 4.98 Å². The minimum Gasteiger partial charge on any atom is -0.418 e. The maximum absolute atomic E-state index is 12.2. The summed E-state index contributed by atoms with van der Waals surface area (Å²) in [7, 11) is -6.00. The SMILES string of the molecule is Cc1ccc(C(=O)c2ccccc2)c([N+]#N)c1.F[B-](F)(F)F. The molecule has 0 unspecified atom stereocenters. The number of halogens is 4. The lowest BCUT2D eigenvalue weighted by molar-refractivity contribution is 0.103. The number of benzene rings is 2. The molecule has 0 bridgehead atoms. The van der Waals surface area contributed by atoms with Crippen molar-refractivity contribution >= 4 is 18.7 Å². The molecule has 0 aliphatic carbocycles. The van der Waals surface area contributed by atoms with Crippen molar-refractivity contribution in [1.82, 2.24) is 0 Å². The first-order valence-electron chi connectivity index (χ1n) is 6.15. The van der Waals surface area contributed by atoms with Crippen molar-refractivity contribution in [3.63, 3.8) is 0 Å². The van der Waals surface area contributed by atoms with E-state index in [0.717, 1.165) is 5.56 Å². The van der Waals surface area contributed by atoms with E-state index in [2.05, 4.69) is 4.98 Å². The standard InChI is InChI=1S/C14H11N2O.BF4/c1-10-7-8-12(13(9-10)16-15)14(17)11-5-3-2-4-6-11;2-1(3,4)5/h2-9H,1H3;/q+1;-1. The van der Waals surface area contributed by atoms with Gasteiger partial charge in [0.05, 0.1) is 0 Å². The molecule has 3 nitrogen and oxygen atoms in total. The van der Waals surface area contributed by atoms with Gasteiger partial charge in [-0.05, 0) is 18.6 Å². The molecule has 114 valence electrons. The van der Waals surface area contributed by atoms with Crippen LogP contribution < -0.4 is 0 Å². The number of hydrogen-bond acceptors (Lipinski definition) is 2. The van der Waals surface area contributed by atoms with Crippen LogP contribution in [-0.4, -0.2) is 13.0 Å². The van der Waals surface area contributed by atoms with Crippen molar-refractivity contribution < 1.29 is 22.1 Å². The Morgan fingerprint density at radius 3 is 2.09 bits per heavy atom. The fourth-order valence-electron chi connectivity index (χ4n) is 1.66. The summed E-state index contributed by atoms with van der Waals surface area (Å²) in [4.78, 5) is 15.3. The summed E-state index contributed by atoms with van der Waals surface area (Å²) in [6.45, 7) is 1.88. The molecule has 0 aromatic heterocycles. The van der Waals surface area contributed by atoms with E-state index in [-0.39, 0.29) is 5.78 Å². The Balaban J connectivity index is 0.000000422. The molecule has 0 spiro atoms. The molecule has 0 N–H and O–H groups in total. The zero-order chi connectivity index (χ0) is 16.8. The maximum atomic E-state index is 12.2. The Hall–Kier alpha value is -2.69. The number of diazo groups is 1. The molecular formula is C14H11BF4N2O. The summed E-state index contributed by atoms with van der Waals surface area (Å²) in [6, 6.07) is 14.1. The van der Waals surface area contributed by atoms with Crippen LogP contribution in [0.3, 0.4) is 0 Å². The molecule has 0 radical (unpaired) electrons. The number of carbonyl (C=O) groups excluding carboxylic acids is 1. The van der Waals surface area contributed by atoms with Gasteiger partial charge in [0.25, 0.3) is 0 Å². The second-order valence-electron chi connectivity index (χ2n) is 4.31. The molecule has 0 aliphatic heterocycles. The van der Waals surface area contributed by atoms with Crippen LogP contribution in [0.5, 0.6) is 0 Å². The highest BCUT2D eigenvalue weighted by Gasteiger charge is 2.21. The van der Waals surface area contributed by atoms with Gasteiger partial charge >= 0.3 is 12.9 Å². The number of hydrogen-bond donors (Lipinski definition) is 0. The number of carbonyl (C=O) groups is 1. The zero-order valence-electron chi connectivity index (χ0n) is 11.5. The maximum Gasteiger partial charge on any atom is 0.673 e. The van der Waals surface area contributed by atoms with E-state index in [4.69, 9.17) is 5.39 Å². The van der Waals surface area contributed by atoms with E-state index in [1.165, 1.54) is 0 Å². The van der Waals surface area contributed by atoms with Crippen LogP contribution >= 0.6 is 0 Å². The van der Waals surface area contributed by atoms with E-state index in [1.807, 2.05) is 19.1 Å². The predicted octanol–water partition coefficient (Wildman–Crippen LogP) is 5.01. The average Bonchev–Trinajstić information content (AvgIpc) is 2.45. The lowest BCUT2D eigenvalue weighted by Gasteiger charge is -1.99. The first-order valence-corrected chi connectivity index (χ1v) is 6.15. The summed E-state index contributed by atoms with van der Waals surface area (Å²) in [5, 5.41) is 8.91. The van der Waals surface area contributed by atoms with Crippen LogP contribution in [-0.2, 0) is 0 Å². The highest BCUT2D eigenvalue weighted by molar-refractivity contribution is 6.50. The van der Waals surface area contributed by atoms with E-state index >= 15 is 0 Å². The molecule has 0 saturated carbocycles. The Bertz CT molecular complexity index is 690. The molecule has 0 atom stereocenters. The summed E-state index contributed by atoms with van der Waals surface area (Å²) >= 11 is 0. The molecule has 0 aliphatic rings. The quantitative estimate of drug-likeness (QED) is 0.339. The third kappa shape index (κ3) is 5.75. The first-order chi connectivity index (χ1) is 10.2. The van der Waals surface area contributed by atoms with Crippen molar-refractivity contribution in [3.8, 4) is 0 Å². The van der Waals surface area contributed by atoms with Crippen LogP contribution in [0.15, 0.2) is 48.5 Å². The number of rotatable bonds is 2. The van der Waals surface area contributed by atoms with Gasteiger partial charge in [-0.3, -0.25) is 4.79 Å². The number of ketones is 1. The van der Waals surface area contributed by atoms with E-state index in [9.17, 15) is 22.1 Å². The highest BCUT2D eigenvalue weighted by atomic mass is 19.5. The molecule has 0 saturated heterocycles. The van der Waals surface area contributed by atoms with Crippen LogP contribution in [0.2, 0.25) is 0 Å². The Labute approximate surface area is 124 Å². The van der Waals surface area contributed by atoms with Gasteiger partial charge in [0.15, 0.2) is 4.98 Å². The molecule has 0 heterocycles. The highest BCUT2D eigenvalue weighted by Crippen LogP contribution is 2.23. The van der Waals surface area contributed by atoms with Gasteiger partial charge < -0.3 is 17.3 Å². The molecular weight excluding hydrogens is 299 g/mol.